The van der Waals surface area contributed by atoms with Crippen molar-refractivity contribution in [1.82, 2.24) is 0 Å². The molecule has 0 radical (unpaired) electrons. The van der Waals surface area contributed by atoms with Crippen molar-refractivity contribution in [3.05, 3.63) is 246 Å². The molecule has 3 aliphatic rings. The lowest BCUT2D eigenvalue weighted by atomic mass is 9.70. The fourth-order valence-corrected chi connectivity index (χ4v) is 11.0. The molecule has 59 heavy (non-hydrogen) atoms. The molecule has 0 aliphatic heterocycles. The minimum absolute atomic E-state index is 0.134. The third kappa shape index (κ3) is 4.67. The molecule has 0 amide bonds. The lowest BCUT2D eigenvalue weighted by Gasteiger charge is -2.32. The molecule has 0 unspecified atom stereocenters. The first-order chi connectivity index (χ1) is 29.0. The van der Waals surface area contributed by atoms with Crippen LogP contribution in [0.5, 0.6) is 0 Å². The highest BCUT2D eigenvalue weighted by Crippen LogP contribution is 2.65. The predicted molar refractivity (Wildman–Crippen MR) is 246 cm³/mol. The summed E-state index contributed by atoms with van der Waals surface area (Å²) >= 11 is 0. The van der Waals surface area contributed by atoms with Gasteiger partial charge in [-0.05, 0) is 114 Å². The Morgan fingerprint density at radius 3 is 1.37 bits per heavy atom. The van der Waals surface area contributed by atoms with Crippen LogP contribution in [0.4, 0.5) is 17.1 Å². The summed E-state index contributed by atoms with van der Waals surface area (Å²) in [7, 11) is 0. The van der Waals surface area contributed by atoms with Crippen molar-refractivity contribution in [2.24, 2.45) is 0 Å². The Balaban J connectivity index is 1.10. The smallest absolute Gasteiger partial charge is 0.0726 e. The van der Waals surface area contributed by atoms with E-state index in [0.717, 1.165) is 11.4 Å². The number of hydrogen-bond acceptors (Lipinski definition) is 1. The number of rotatable bonds is 5. The molecule has 3 aliphatic carbocycles. The predicted octanol–water partition coefficient (Wildman–Crippen LogP) is 15.1. The van der Waals surface area contributed by atoms with Gasteiger partial charge in [-0.15, -0.1) is 0 Å². The molecule has 0 bridgehead atoms. The Labute approximate surface area is 346 Å². The summed E-state index contributed by atoms with van der Waals surface area (Å²) in [5, 5.41) is 0. The SMILES string of the molecule is CC1(C)c2ccccc2-c2ccc(N(c3ccc(-c4ccccc4-c4ccccc4)cc3)c3cccc4c3-c3ccccc3C43c4ccccc4-c4ccccc43)cc21. The third-order valence-corrected chi connectivity index (χ3v) is 13.5. The number of fused-ring (bicyclic) bond motifs is 13. The van der Waals surface area contributed by atoms with Crippen molar-refractivity contribution < 1.29 is 0 Å². The van der Waals surface area contributed by atoms with Crippen molar-refractivity contribution >= 4 is 17.1 Å². The summed E-state index contributed by atoms with van der Waals surface area (Å²) in [5.74, 6) is 0. The molecular formula is C58H41N. The number of anilines is 3. The standard InChI is InChI=1S/C58H41N/c1-57(2)49-25-12-8-21-44(49)47-36-35-41(37-54(47)57)59(40-33-31-39(32-34-40)43-20-7-6-19-42(43)38-17-4-3-5-18-38)55-30-16-29-53-56(55)48-24-11-15-28-52(48)58(53)50-26-13-9-22-45(50)46-23-10-14-27-51(46)58/h3-37H,1-2H3. The van der Waals surface area contributed by atoms with E-state index in [1.54, 1.807) is 0 Å². The minimum atomic E-state index is -0.423. The summed E-state index contributed by atoms with van der Waals surface area (Å²) in [6.45, 7) is 4.75. The van der Waals surface area contributed by atoms with Crippen molar-refractivity contribution in [3.63, 3.8) is 0 Å². The minimum Gasteiger partial charge on any atom is -0.310 e. The van der Waals surface area contributed by atoms with Gasteiger partial charge in [0, 0.05) is 22.4 Å². The largest absolute Gasteiger partial charge is 0.310 e. The molecule has 0 aromatic heterocycles. The molecule has 9 aromatic carbocycles. The molecule has 0 atom stereocenters. The highest BCUT2D eigenvalue weighted by molar-refractivity contribution is 6.01. The van der Waals surface area contributed by atoms with Gasteiger partial charge in [-0.3, -0.25) is 0 Å². The summed E-state index contributed by atoms with van der Waals surface area (Å²) in [5.41, 5.74) is 23.8. The normalized spacial score (nSPS) is 14.2. The van der Waals surface area contributed by atoms with Gasteiger partial charge in [0.25, 0.3) is 0 Å². The van der Waals surface area contributed by atoms with E-state index in [1.807, 2.05) is 0 Å². The molecule has 0 fully saturated rings. The quantitative estimate of drug-likeness (QED) is 0.169. The van der Waals surface area contributed by atoms with Gasteiger partial charge in [-0.2, -0.15) is 0 Å². The van der Waals surface area contributed by atoms with Crippen LogP contribution in [0.3, 0.4) is 0 Å². The first-order valence-corrected chi connectivity index (χ1v) is 20.8. The maximum absolute atomic E-state index is 2.52. The average Bonchev–Trinajstić information content (AvgIpc) is 3.86. The summed E-state index contributed by atoms with van der Waals surface area (Å²) in [4.78, 5) is 2.52. The van der Waals surface area contributed by atoms with Crippen LogP contribution in [0.15, 0.2) is 212 Å². The second-order valence-corrected chi connectivity index (χ2v) is 16.8. The van der Waals surface area contributed by atoms with Gasteiger partial charge in [0.2, 0.25) is 0 Å². The van der Waals surface area contributed by atoms with E-state index in [-0.39, 0.29) is 5.41 Å². The Bertz CT molecular complexity index is 3090. The van der Waals surface area contributed by atoms with Gasteiger partial charge in [0.05, 0.1) is 11.1 Å². The lowest BCUT2D eigenvalue weighted by Crippen LogP contribution is -2.26. The van der Waals surface area contributed by atoms with Crippen LogP contribution in [-0.2, 0) is 10.8 Å². The van der Waals surface area contributed by atoms with E-state index >= 15 is 0 Å². The molecule has 9 aromatic rings. The Morgan fingerprint density at radius 1 is 0.305 bits per heavy atom. The van der Waals surface area contributed by atoms with E-state index in [9.17, 15) is 0 Å². The Morgan fingerprint density at radius 2 is 0.746 bits per heavy atom. The van der Waals surface area contributed by atoms with Crippen LogP contribution in [-0.4, -0.2) is 0 Å². The molecule has 0 heterocycles. The van der Waals surface area contributed by atoms with Gasteiger partial charge in [0.15, 0.2) is 0 Å². The maximum atomic E-state index is 2.52. The summed E-state index contributed by atoms with van der Waals surface area (Å²) in [6.07, 6.45) is 0. The molecule has 0 N–H and O–H groups in total. The van der Waals surface area contributed by atoms with Gasteiger partial charge in [-0.1, -0.05) is 196 Å². The van der Waals surface area contributed by atoms with Crippen molar-refractivity contribution in [2.45, 2.75) is 24.7 Å². The number of benzene rings is 9. The topological polar surface area (TPSA) is 3.24 Å². The van der Waals surface area contributed by atoms with Crippen LogP contribution in [0.2, 0.25) is 0 Å². The highest BCUT2D eigenvalue weighted by atomic mass is 15.1. The second-order valence-electron chi connectivity index (χ2n) is 16.8. The Kier molecular flexibility index (Phi) is 7.26. The van der Waals surface area contributed by atoms with Crippen molar-refractivity contribution in [3.8, 4) is 55.6 Å². The Hall–Kier alpha value is -7.22. The molecule has 1 heteroatoms. The first-order valence-electron chi connectivity index (χ1n) is 20.8. The van der Waals surface area contributed by atoms with E-state index in [1.165, 1.54) is 94.7 Å². The van der Waals surface area contributed by atoms with Crippen LogP contribution in [0.1, 0.15) is 47.2 Å². The van der Waals surface area contributed by atoms with E-state index in [0.29, 0.717) is 0 Å². The number of hydrogen-bond donors (Lipinski definition) is 0. The van der Waals surface area contributed by atoms with Gasteiger partial charge in [0.1, 0.15) is 0 Å². The van der Waals surface area contributed by atoms with E-state index in [2.05, 4.69) is 231 Å². The summed E-state index contributed by atoms with van der Waals surface area (Å²) < 4.78 is 0. The number of nitrogens with zero attached hydrogens (tertiary/aromatic N) is 1. The molecular weight excluding hydrogens is 711 g/mol. The van der Waals surface area contributed by atoms with Crippen LogP contribution in [0, 0.1) is 0 Å². The zero-order valence-corrected chi connectivity index (χ0v) is 33.2. The van der Waals surface area contributed by atoms with Crippen LogP contribution in [0.25, 0.3) is 55.6 Å². The van der Waals surface area contributed by atoms with Gasteiger partial charge < -0.3 is 4.90 Å². The molecule has 12 rings (SSSR count). The lowest BCUT2D eigenvalue weighted by molar-refractivity contribution is 0.660. The first kappa shape index (κ1) is 33.9. The molecule has 0 saturated carbocycles. The molecule has 278 valence electrons. The maximum Gasteiger partial charge on any atom is 0.0726 e. The third-order valence-electron chi connectivity index (χ3n) is 13.5. The monoisotopic (exact) mass is 751 g/mol. The van der Waals surface area contributed by atoms with Gasteiger partial charge >= 0.3 is 0 Å². The zero-order chi connectivity index (χ0) is 39.3. The molecule has 1 nitrogen and oxygen atoms in total. The average molecular weight is 752 g/mol. The molecule has 1 spiro atoms. The van der Waals surface area contributed by atoms with Crippen LogP contribution >= 0.6 is 0 Å². The van der Waals surface area contributed by atoms with Crippen molar-refractivity contribution in [2.75, 3.05) is 4.90 Å². The van der Waals surface area contributed by atoms with Gasteiger partial charge in [-0.25, -0.2) is 0 Å². The molecule has 0 saturated heterocycles. The van der Waals surface area contributed by atoms with E-state index < -0.39 is 5.41 Å². The van der Waals surface area contributed by atoms with Crippen LogP contribution < -0.4 is 4.90 Å². The van der Waals surface area contributed by atoms with Crippen molar-refractivity contribution in [1.29, 1.82) is 0 Å². The summed E-state index contributed by atoms with van der Waals surface area (Å²) in [6, 6.07) is 79.1. The highest BCUT2D eigenvalue weighted by Gasteiger charge is 2.52. The zero-order valence-electron chi connectivity index (χ0n) is 33.2. The second kappa shape index (κ2) is 12.6. The fraction of sp³-hybridized carbons (Fsp3) is 0.0690. The fourth-order valence-electron chi connectivity index (χ4n) is 11.0. The van der Waals surface area contributed by atoms with E-state index in [4.69, 9.17) is 0 Å².